The summed E-state index contributed by atoms with van der Waals surface area (Å²) in [6.07, 6.45) is 0. The number of hydrogen-bond acceptors (Lipinski definition) is 3. The van der Waals surface area contributed by atoms with Crippen LogP contribution >= 0.6 is 38.5 Å². The molecule has 1 aliphatic heterocycles. The molecule has 21 heavy (non-hydrogen) atoms. The van der Waals surface area contributed by atoms with Gasteiger partial charge in [-0.3, -0.25) is 9.59 Å². The van der Waals surface area contributed by atoms with Gasteiger partial charge in [-0.15, -0.1) is 0 Å². The zero-order valence-corrected chi connectivity index (χ0v) is 15.3. The number of amides is 2. The molecule has 0 saturated carbocycles. The van der Waals surface area contributed by atoms with Gasteiger partial charge in [0.25, 0.3) is 5.91 Å². The van der Waals surface area contributed by atoms with Crippen LogP contribution in [0.1, 0.15) is 17.3 Å². The van der Waals surface area contributed by atoms with Gasteiger partial charge in [0, 0.05) is 21.1 Å². The average molecular weight is 467 g/mol. The van der Waals surface area contributed by atoms with E-state index in [-0.39, 0.29) is 11.8 Å². The summed E-state index contributed by atoms with van der Waals surface area (Å²) in [7, 11) is 0. The van der Waals surface area contributed by atoms with E-state index < -0.39 is 6.04 Å². The summed E-state index contributed by atoms with van der Waals surface area (Å²) < 4.78 is 6.90. The normalized spacial score (nSPS) is 16.4. The highest BCUT2D eigenvalue weighted by molar-refractivity contribution is 14.1. The van der Waals surface area contributed by atoms with Gasteiger partial charge in [-0.05, 0) is 47.7 Å². The lowest BCUT2D eigenvalue weighted by atomic mass is 10.2. The molecule has 5 nitrogen and oxygen atoms in total. The molecule has 1 N–H and O–H groups in total. The third-order valence-electron chi connectivity index (χ3n) is 3.21. The molecule has 0 radical (unpaired) electrons. The van der Waals surface area contributed by atoms with Crippen LogP contribution in [0.2, 0.25) is 0 Å². The molecule has 1 atom stereocenters. The summed E-state index contributed by atoms with van der Waals surface area (Å²) in [5, 5.41) is 2.76. The molecule has 1 aliphatic rings. The first-order valence-electron chi connectivity index (χ1n) is 6.61. The van der Waals surface area contributed by atoms with Crippen molar-refractivity contribution in [2.45, 2.75) is 13.0 Å². The first-order chi connectivity index (χ1) is 9.99. The molecule has 0 spiro atoms. The van der Waals surface area contributed by atoms with Crippen molar-refractivity contribution in [2.75, 3.05) is 26.3 Å². The molecule has 0 bridgehead atoms. The molecule has 0 aromatic heterocycles. The zero-order valence-electron chi connectivity index (χ0n) is 11.6. The Hall–Kier alpha value is -0.670. The Balaban J connectivity index is 2.01. The van der Waals surface area contributed by atoms with E-state index in [1.165, 1.54) is 0 Å². The lowest BCUT2D eigenvalue weighted by Gasteiger charge is -2.29. The molecule has 0 aliphatic carbocycles. The van der Waals surface area contributed by atoms with Gasteiger partial charge in [-0.1, -0.05) is 15.9 Å². The Labute approximate surface area is 145 Å². The molecule has 1 heterocycles. The Morgan fingerprint density at radius 1 is 1.38 bits per heavy atom. The third kappa shape index (κ3) is 4.40. The average Bonchev–Trinajstić information content (AvgIpc) is 2.49. The van der Waals surface area contributed by atoms with Crippen molar-refractivity contribution >= 4 is 50.3 Å². The van der Waals surface area contributed by atoms with Crippen LogP contribution in [0.25, 0.3) is 0 Å². The summed E-state index contributed by atoms with van der Waals surface area (Å²) in [6.45, 7) is 3.97. The monoisotopic (exact) mass is 466 g/mol. The first-order valence-corrected chi connectivity index (χ1v) is 8.48. The van der Waals surface area contributed by atoms with Crippen LogP contribution in [0.3, 0.4) is 0 Å². The van der Waals surface area contributed by atoms with Crippen LogP contribution in [0.15, 0.2) is 22.7 Å². The smallest absolute Gasteiger partial charge is 0.253 e. The summed E-state index contributed by atoms with van der Waals surface area (Å²) in [4.78, 5) is 26.3. The number of nitrogens with one attached hydrogen (secondary N) is 1. The lowest BCUT2D eigenvalue weighted by molar-refractivity contribution is -0.136. The second-order valence-corrected chi connectivity index (χ2v) is 6.83. The van der Waals surface area contributed by atoms with Gasteiger partial charge in [0.15, 0.2) is 0 Å². The van der Waals surface area contributed by atoms with Crippen LogP contribution in [0, 0.1) is 3.57 Å². The standard InChI is InChI=1S/C14H16BrIN2O3/c1-9(14(20)18-4-6-21-7-5-18)17-13(19)11-8-10(15)2-3-12(11)16/h2-3,8-9H,4-7H2,1H3,(H,17,19). The molecule has 2 rings (SSSR count). The van der Waals surface area contributed by atoms with Crippen molar-refractivity contribution in [1.29, 1.82) is 0 Å². The fraction of sp³-hybridized carbons (Fsp3) is 0.429. The minimum atomic E-state index is -0.551. The molecule has 1 fully saturated rings. The number of hydrogen-bond donors (Lipinski definition) is 1. The number of nitrogens with zero attached hydrogens (tertiary/aromatic N) is 1. The van der Waals surface area contributed by atoms with E-state index in [9.17, 15) is 9.59 Å². The van der Waals surface area contributed by atoms with Crippen LogP contribution in [0.4, 0.5) is 0 Å². The van der Waals surface area contributed by atoms with Crippen molar-refractivity contribution in [2.24, 2.45) is 0 Å². The zero-order chi connectivity index (χ0) is 15.4. The van der Waals surface area contributed by atoms with Crippen molar-refractivity contribution in [3.63, 3.8) is 0 Å². The van der Waals surface area contributed by atoms with E-state index in [0.29, 0.717) is 31.9 Å². The third-order valence-corrected chi connectivity index (χ3v) is 4.65. The molecule has 1 aromatic carbocycles. The van der Waals surface area contributed by atoms with Crippen molar-refractivity contribution in [3.05, 3.63) is 31.8 Å². The van der Waals surface area contributed by atoms with Crippen LogP contribution in [0.5, 0.6) is 0 Å². The van der Waals surface area contributed by atoms with E-state index in [2.05, 4.69) is 43.8 Å². The fourth-order valence-corrected chi connectivity index (χ4v) is 3.01. The van der Waals surface area contributed by atoms with Crippen LogP contribution in [-0.4, -0.2) is 49.1 Å². The van der Waals surface area contributed by atoms with E-state index in [1.54, 1.807) is 17.9 Å². The topological polar surface area (TPSA) is 58.6 Å². The van der Waals surface area contributed by atoms with Gasteiger partial charge < -0.3 is 15.0 Å². The molecule has 1 saturated heterocycles. The van der Waals surface area contributed by atoms with Crippen molar-refractivity contribution in [3.8, 4) is 0 Å². The van der Waals surface area contributed by atoms with E-state index >= 15 is 0 Å². The molecular weight excluding hydrogens is 451 g/mol. The van der Waals surface area contributed by atoms with Gasteiger partial charge >= 0.3 is 0 Å². The summed E-state index contributed by atoms with van der Waals surface area (Å²) >= 11 is 5.46. The minimum absolute atomic E-state index is 0.0725. The van der Waals surface area contributed by atoms with Crippen LogP contribution in [-0.2, 0) is 9.53 Å². The number of benzene rings is 1. The Morgan fingerprint density at radius 2 is 2.05 bits per heavy atom. The maximum Gasteiger partial charge on any atom is 0.253 e. The summed E-state index contributed by atoms with van der Waals surface area (Å²) in [5.74, 6) is -0.313. The van der Waals surface area contributed by atoms with Gasteiger partial charge in [0.05, 0.1) is 18.8 Å². The number of morpholine rings is 1. The van der Waals surface area contributed by atoms with Crippen molar-refractivity contribution < 1.29 is 14.3 Å². The van der Waals surface area contributed by atoms with Gasteiger partial charge in [-0.25, -0.2) is 0 Å². The second kappa shape index (κ2) is 7.55. The summed E-state index contributed by atoms with van der Waals surface area (Å²) in [6, 6.07) is 4.93. The molecule has 1 aromatic rings. The quantitative estimate of drug-likeness (QED) is 0.693. The number of ether oxygens (including phenoxy) is 1. The number of rotatable bonds is 3. The molecule has 1 unspecified atom stereocenters. The lowest BCUT2D eigenvalue weighted by Crippen LogP contribution is -2.50. The maximum atomic E-state index is 12.3. The highest BCUT2D eigenvalue weighted by Gasteiger charge is 2.24. The molecule has 2 amide bonds. The highest BCUT2D eigenvalue weighted by atomic mass is 127. The predicted octanol–water partition coefficient (Wildman–Crippen LogP) is 2.03. The summed E-state index contributed by atoms with van der Waals surface area (Å²) in [5.41, 5.74) is 0.562. The largest absolute Gasteiger partial charge is 0.378 e. The predicted molar refractivity (Wildman–Crippen MR) is 91.2 cm³/mol. The number of carbonyl (C=O) groups excluding carboxylic acids is 2. The Kier molecular flexibility index (Phi) is 6.00. The maximum absolute atomic E-state index is 12.3. The Bertz CT molecular complexity index is 547. The van der Waals surface area contributed by atoms with Crippen molar-refractivity contribution in [1.82, 2.24) is 10.2 Å². The van der Waals surface area contributed by atoms with E-state index in [0.717, 1.165) is 8.04 Å². The van der Waals surface area contributed by atoms with E-state index in [4.69, 9.17) is 4.74 Å². The second-order valence-electron chi connectivity index (χ2n) is 4.76. The number of halogens is 2. The first kappa shape index (κ1) is 16.7. The van der Waals surface area contributed by atoms with Crippen LogP contribution < -0.4 is 5.32 Å². The molecule has 7 heteroatoms. The minimum Gasteiger partial charge on any atom is -0.378 e. The van der Waals surface area contributed by atoms with Gasteiger partial charge in [-0.2, -0.15) is 0 Å². The SMILES string of the molecule is CC(NC(=O)c1cc(Br)ccc1I)C(=O)N1CCOCC1. The fourth-order valence-electron chi connectivity index (χ4n) is 2.07. The Morgan fingerprint density at radius 3 is 2.71 bits per heavy atom. The highest BCUT2D eigenvalue weighted by Crippen LogP contribution is 2.18. The molecule has 114 valence electrons. The van der Waals surface area contributed by atoms with E-state index in [1.807, 2.05) is 12.1 Å². The van der Waals surface area contributed by atoms with Gasteiger partial charge in [0.1, 0.15) is 6.04 Å². The molecular formula is C14H16BrIN2O3. The number of carbonyl (C=O) groups is 2. The van der Waals surface area contributed by atoms with Gasteiger partial charge in [0.2, 0.25) is 5.91 Å².